The Morgan fingerprint density at radius 1 is 1.45 bits per heavy atom. The molecule has 5 nitrogen and oxygen atoms in total. The van der Waals surface area contributed by atoms with Crippen LogP contribution in [0, 0.1) is 0 Å². The predicted molar refractivity (Wildman–Crippen MR) is 76.3 cm³/mol. The smallest absolute Gasteiger partial charge is 0.164 e. The van der Waals surface area contributed by atoms with Crippen molar-refractivity contribution < 1.29 is 4.74 Å². The summed E-state index contributed by atoms with van der Waals surface area (Å²) in [7, 11) is 0. The van der Waals surface area contributed by atoms with Crippen molar-refractivity contribution >= 4 is 0 Å². The molecule has 0 saturated carbocycles. The number of nitrogens with two attached hydrogens (primary N) is 1. The van der Waals surface area contributed by atoms with Gasteiger partial charge < -0.3 is 10.5 Å². The van der Waals surface area contributed by atoms with Crippen molar-refractivity contribution in [3.05, 3.63) is 41.5 Å². The Morgan fingerprint density at radius 2 is 2.35 bits per heavy atom. The number of benzene rings is 1. The molecule has 0 saturated heterocycles. The fourth-order valence-electron chi connectivity index (χ4n) is 2.73. The van der Waals surface area contributed by atoms with Gasteiger partial charge >= 0.3 is 0 Å². The zero-order valence-corrected chi connectivity index (χ0v) is 11.7. The molecule has 20 heavy (non-hydrogen) atoms. The minimum absolute atomic E-state index is 0.150. The fraction of sp³-hybridized carbons (Fsp3) is 0.467. The molecule has 3 rings (SSSR count). The molecule has 0 spiro atoms. The Bertz CT molecular complexity index is 593. The van der Waals surface area contributed by atoms with Crippen molar-refractivity contribution in [3.8, 4) is 5.75 Å². The second kappa shape index (κ2) is 5.63. The van der Waals surface area contributed by atoms with Crippen LogP contribution in [0.15, 0.2) is 24.5 Å². The van der Waals surface area contributed by atoms with Gasteiger partial charge in [-0.2, -0.15) is 5.10 Å². The molecule has 0 bridgehead atoms. The molecule has 0 radical (unpaired) electrons. The lowest BCUT2D eigenvalue weighted by molar-refractivity contribution is 0.283. The average Bonchev–Trinajstić information content (AvgIpc) is 3.05. The predicted octanol–water partition coefficient (Wildman–Crippen LogP) is 2.21. The lowest BCUT2D eigenvalue weighted by atomic mass is 10.1. The third kappa shape index (κ3) is 2.41. The van der Waals surface area contributed by atoms with Crippen LogP contribution in [0.25, 0.3) is 0 Å². The average molecular weight is 272 g/mol. The minimum atomic E-state index is 0.150. The molecule has 1 aromatic heterocycles. The van der Waals surface area contributed by atoms with E-state index in [9.17, 15) is 0 Å². The summed E-state index contributed by atoms with van der Waals surface area (Å²) in [6, 6.07) is 6.27. The highest BCUT2D eigenvalue weighted by molar-refractivity contribution is 5.44. The van der Waals surface area contributed by atoms with Crippen molar-refractivity contribution in [3.63, 3.8) is 0 Å². The highest BCUT2D eigenvalue weighted by atomic mass is 16.5. The number of nitrogens with zero attached hydrogens (tertiary/aromatic N) is 3. The summed E-state index contributed by atoms with van der Waals surface area (Å²) in [4.78, 5) is 4.26. The third-order valence-corrected chi connectivity index (χ3v) is 3.76. The number of rotatable bonds is 5. The lowest BCUT2D eigenvalue weighted by Gasteiger charge is -2.11. The van der Waals surface area contributed by atoms with E-state index >= 15 is 0 Å². The monoisotopic (exact) mass is 272 g/mol. The molecule has 1 heterocycles. The zero-order chi connectivity index (χ0) is 13.9. The summed E-state index contributed by atoms with van der Waals surface area (Å²) >= 11 is 0. The maximum atomic E-state index is 6.09. The number of aryl methyl sites for hydroxylation is 1. The van der Waals surface area contributed by atoms with Crippen LogP contribution < -0.4 is 10.5 Å². The van der Waals surface area contributed by atoms with E-state index in [1.54, 1.807) is 6.33 Å². The molecule has 2 aromatic rings. The van der Waals surface area contributed by atoms with Gasteiger partial charge in [-0.25, -0.2) is 9.67 Å². The molecule has 1 aliphatic carbocycles. The summed E-state index contributed by atoms with van der Waals surface area (Å²) < 4.78 is 7.85. The molecule has 1 atom stereocenters. The first-order chi connectivity index (χ1) is 9.79. The van der Waals surface area contributed by atoms with Crippen LogP contribution >= 0.6 is 0 Å². The van der Waals surface area contributed by atoms with Crippen molar-refractivity contribution in [2.24, 2.45) is 5.73 Å². The second-order valence-corrected chi connectivity index (χ2v) is 5.16. The molecule has 5 heteroatoms. The van der Waals surface area contributed by atoms with Crippen molar-refractivity contribution in [1.29, 1.82) is 0 Å². The van der Waals surface area contributed by atoms with Crippen LogP contribution in [0.2, 0.25) is 0 Å². The van der Waals surface area contributed by atoms with E-state index in [-0.39, 0.29) is 6.04 Å². The summed E-state index contributed by atoms with van der Waals surface area (Å²) in [5.41, 5.74) is 8.56. The number of ether oxygens (including phenoxy) is 1. The molecule has 0 fully saturated rings. The molecule has 106 valence electrons. The zero-order valence-electron chi connectivity index (χ0n) is 11.7. The van der Waals surface area contributed by atoms with Gasteiger partial charge in [0, 0.05) is 12.6 Å². The summed E-state index contributed by atoms with van der Waals surface area (Å²) in [5.74, 6) is 1.80. The first-order valence-electron chi connectivity index (χ1n) is 7.16. The maximum absolute atomic E-state index is 6.09. The van der Waals surface area contributed by atoms with Crippen LogP contribution in [0.5, 0.6) is 5.75 Å². The van der Waals surface area contributed by atoms with Gasteiger partial charge in [0.15, 0.2) is 5.82 Å². The van der Waals surface area contributed by atoms with Crippen LogP contribution in [-0.4, -0.2) is 14.8 Å². The molecular weight excluding hydrogens is 252 g/mol. The van der Waals surface area contributed by atoms with E-state index in [1.165, 1.54) is 11.1 Å². The quantitative estimate of drug-likeness (QED) is 0.906. The first-order valence-corrected chi connectivity index (χ1v) is 7.16. The molecule has 0 aliphatic heterocycles. The van der Waals surface area contributed by atoms with E-state index < -0.39 is 0 Å². The van der Waals surface area contributed by atoms with Gasteiger partial charge in [-0.1, -0.05) is 19.1 Å². The SMILES string of the molecule is CCCn1ncnc1COc1cccc2c1CCC2N. The molecule has 2 N–H and O–H groups in total. The Morgan fingerprint density at radius 3 is 3.20 bits per heavy atom. The second-order valence-electron chi connectivity index (χ2n) is 5.16. The highest BCUT2D eigenvalue weighted by Gasteiger charge is 2.22. The fourth-order valence-corrected chi connectivity index (χ4v) is 2.73. The summed E-state index contributed by atoms with van der Waals surface area (Å²) in [6.45, 7) is 3.44. The topological polar surface area (TPSA) is 66.0 Å². The van der Waals surface area contributed by atoms with Crippen LogP contribution in [0.3, 0.4) is 0 Å². The van der Waals surface area contributed by atoms with E-state index in [4.69, 9.17) is 10.5 Å². The first kappa shape index (κ1) is 13.1. The van der Waals surface area contributed by atoms with Gasteiger partial charge in [0.2, 0.25) is 0 Å². The molecular formula is C15H20N4O. The van der Waals surface area contributed by atoms with Crippen molar-refractivity contribution in [2.75, 3.05) is 0 Å². The van der Waals surface area contributed by atoms with Gasteiger partial charge in [-0.3, -0.25) is 0 Å². The summed E-state index contributed by atoms with van der Waals surface area (Å²) in [5, 5.41) is 4.21. The van der Waals surface area contributed by atoms with Crippen LogP contribution in [-0.2, 0) is 19.6 Å². The Hall–Kier alpha value is -1.88. The molecule has 1 aromatic carbocycles. The van der Waals surface area contributed by atoms with E-state index in [0.717, 1.165) is 37.4 Å². The standard InChI is InChI=1S/C15H20N4O/c1-2-8-19-15(17-10-18-19)9-20-14-5-3-4-11-12(14)6-7-13(11)16/h3-5,10,13H,2,6-9,16H2,1H3. The number of fused-ring (bicyclic) bond motifs is 1. The van der Waals surface area contributed by atoms with Gasteiger partial charge in [0.05, 0.1) is 0 Å². The van der Waals surface area contributed by atoms with Crippen LogP contribution in [0.4, 0.5) is 0 Å². The Balaban J connectivity index is 1.75. The van der Waals surface area contributed by atoms with Gasteiger partial charge in [0.1, 0.15) is 18.7 Å². The maximum Gasteiger partial charge on any atom is 0.164 e. The number of aromatic nitrogens is 3. The molecule has 1 unspecified atom stereocenters. The largest absolute Gasteiger partial charge is 0.485 e. The number of hydrogen-bond acceptors (Lipinski definition) is 4. The molecule has 1 aliphatic rings. The van der Waals surface area contributed by atoms with Gasteiger partial charge in [-0.15, -0.1) is 0 Å². The minimum Gasteiger partial charge on any atom is -0.485 e. The number of hydrogen-bond donors (Lipinski definition) is 1. The Labute approximate surface area is 118 Å². The molecule has 0 amide bonds. The van der Waals surface area contributed by atoms with Gasteiger partial charge in [0.25, 0.3) is 0 Å². The normalized spacial score (nSPS) is 17.2. The van der Waals surface area contributed by atoms with E-state index in [0.29, 0.717) is 6.61 Å². The highest BCUT2D eigenvalue weighted by Crippen LogP contribution is 2.35. The van der Waals surface area contributed by atoms with Gasteiger partial charge in [-0.05, 0) is 36.5 Å². The van der Waals surface area contributed by atoms with Crippen LogP contribution in [0.1, 0.15) is 42.8 Å². The van der Waals surface area contributed by atoms with E-state index in [1.807, 2.05) is 16.8 Å². The summed E-state index contributed by atoms with van der Waals surface area (Å²) in [6.07, 6.45) is 4.61. The van der Waals surface area contributed by atoms with E-state index in [2.05, 4.69) is 23.1 Å². The van der Waals surface area contributed by atoms with Crippen molar-refractivity contribution in [2.45, 2.75) is 45.4 Å². The Kier molecular flexibility index (Phi) is 3.69. The lowest BCUT2D eigenvalue weighted by Crippen LogP contribution is -2.09. The third-order valence-electron chi connectivity index (χ3n) is 3.76. The van der Waals surface area contributed by atoms with Crippen molar-refractivity contribution in [1.82, 2.24) is 14.8 Å².